The molecule has 0 atom stereocenters. The van der Waals surface area contributed by atoms with E-state index in [1.54, 1.807) is 0 Å². The van der Waals surface area contributed by atoms with E-state index in [0.29, 0.717) is 26.1 Å². The fourth-order valence-corrected chi connectivity index (χ4v) is 8.24. The van der Waals surface area contributed by atoms with Crippen molar-refractivity contribution in [1.82, 2.24) is 9.80 Å². The van der Waals surface area contributed by atoms with E-state index in [0.717, 1.165) is 102 Å². The Hall–Kier alpha value is -1.48. The monoisotopic (exact) mass is 821 g/mol. The van der Waals surface area contributed by atoms with Gasteiger partial charge in [-0.25, -0.2) is 0 Å². The van der Waals surface area contributed by atoms with Crippen molar-refractivity contribution in [3.63, 3.8) is 0 Å². The van der Waals surface area contributed by atoms with E-state index < -0.39 is 0 Å². The molecule has 56 heavy (non-hydrogen) atoms. The highest BCUT2D eigenvalue weighted by Gasteiger charge is 2.06. The van der Waals surface area contributed by atoms with Crippen molar-refractivity contribution in [2.24, 2.45) is 0 Å². The topological polar surface area (TPSA) is 59.1 Å². The Kier molecular flexibility index (Phi) is 45.0. The van der Waals surface area contributed by atoms with Crippen molar-refractivity contribution in [3.8, 4) is 0 Å². The number of allylic oxidation sites excluding steroid dienone is 8. The third-order valence-electron chi connectivity index (χ3n) is 9.75. The van der Waals surface area contributed by atoms with Crippen molar-refractivity contribution >= 4 is 33.5 Å². The Morgan fingerprint density at radius 3 is 1.14 bits per heavy atom. The molecular formula is C48H88N2O4S2. The number of esters is 2. The molecule has 8 heteroatoms. The van der Waals surface area contributed by atoms with Crippen LogP contribution in [0.5, 0.6) is 0 Å². The van der Waals surface area contributed by atoms with Crippen LogP contribution in [0.2, 0.25) is 0 Å². The number of hydrogen-bond acceptors (Lipinski definition) is 8. The molecule has 0 aromatic rings. The van der Waals surface area contributed by atoms with Gasteiger partial charge in [0.15, 0.2) is 0 Å². The standard InChI is InChI=1S/C48H88N2O4S2/c1-5-7-9-11-13-15-17-19-21-23-25-27-29-31-33-37-47(51)53-43-35-39-49(3)41-45-55-56-46-42-50(4)40-36-44-54-48(52)38-34-32-30-28-26-24-22-20-18-16-14-12-10-8-6-2/h13-16,19-22H,5-12,17-18,23-46H2,1-4H3/b15-13-,16-14-,21-19-,22-20-. The minimum atomic E-state index is -0.0425. The Morgan fingerprint density at radius 1 is 0.429 bits per heavy atom. The summed E-state index contributed by atoms with van der Waals surface area (Å²) < 4.78 is 10.9. The quantitative estimate of drug-likeness (QED) is 0.0261. The molecule has 0 heterocycles. The van der Waals surface area contributed by atoms with Crippen LogP contribution >= 0.6 is 21.6 Å². The lowest BCUT2D eigenvalue weighted by Crippen LogP contribution is -2.24. The van der Waals surface area contributed by atoms with Crippen molar-refractivity contribution < 1.29 is 19.1 Å². The zero-order valence-corrected chi connectivity index (χ0v) is 38.6. The van der Waals surface area contributed by atoms with E-state index in [-0.39, 0.29) is 11.9 Å². The molecule has 0 unspecified atom stereocenters. The van der Waals surface area contributed by atoms with Gasteiger partial charge in [0.1, 0.15) is 0 Å². The molecule has 0 spiro atoms. The van der Waals surface area contributed by atoms with E-state index in [9.17, 15) is 9.59 Å². The second-order valence-corrected chi connectivity index (χ2v) is 18.1. The van der Waals surface area contributed by atoms with E-state index in [4.69, 9.17) is 9.47 Å². The molecule has 0 saturated heterocycles. The number of carbonyl (C=O) groups is 2. The molecule has 326 valence electrons. The highest BCUT2D eigenvalue weighted by Crippen LogP contribution is 2.20. The number of nitrogens with zero attached hydrogens (tertiary/aromatic N) is 2. The lowest BCUT2D eigenvalue weighted by molar-refractivity contribution is -0.144. The Morgan fingerprint density at radius 2 is 0.768 bits per heavy atom. The zero-order valence-electron chi connectivity index (χ0n) is 37.0. The number of hydrogen-bond donors (Lipinski definition) is 0. The summed E-state index contributed by atoms with van der Waals surface area (Å²) in [5.41, 5.74) is 0. The first-order chi connectivity index (χ1) is 27.5. The summed E-state index contributed by atoms with van der Waals surface area (Å²) in [7, 11) is 8.14. The molecule has 0 bridgehead atoms. The van der Waals surface area contributed by atoms with Gasteiger partial charge in [-0.05, 0) is 104 Å². The van der Waals surface area contributed by atoms with Gasteiger partial charge in [0.25, 0.3) is 0 Å². The Labute approximate surface area is 355 Å². The van der Waals surface area contributed by atoms with Crippen LogP contribution in [0.4, 0.5) is 0 Å². The highest BCUT2D eigenvalue weighted by molar-refractivity contribution is 8.76. The average Bonchev–Trinajstić information content (AvgIpc) is 3.19. The molecule has 0 aromatic carbocycles. The van der Waals surface area contributed by atoms with Crippen LogP contribution in [0.3, 0.4) is 0 Å². The minimum absolute atomic E-state index is 0.0425. The summed E-state index contributed by atoms with van der Waals surface area (Å²) in [6.07, 6.45) is 47.5. The van der Waals surface area contributed by atoms with E-state index in [2.05, 4.69) is 86.4 Å². The lowest BCUT2D eigenvalue weighted by atomic mass is 10.1. The lowest BCUT2D eigenvalue weighted by Gasteiger charge is -2.17. The zero-order chi connectivity index (χ0) is 40.8. The van der Waals surface area contributed by atoms with Crippen LogP contribution in [-0.4, -0.2) is 86.7 Å². The minimum Gasteiger partial charge on any atom is -0.466 e. The molecule has 0 radical (unpaired) electrons. The molecule has 0 fully saturated rings. The summed E-state index contributed by atoms with van der Waals surface area (Å²) in [6, 6.07) is 0. The molecule has 0 aliphatic carbocycles. The van der Waals surface area contributed by atoms with Crippen molar-refractivity contribution in [2.45, 2.75) is 181 Å². The maximum absolute atomic E-state index is 12.1. The normalized spacial score (nSPS) is 12.2. The molecule has 0 rings (SSSR count). The summed E-state index contributed by atoms with van der Waals surface area (Å²) in [5.74, 6) is 2.09. The van der Waals surface area contributed by atoms with Gasteiger partial charge in [-0.15, -0.1) is 0 Å². The van der Waals surface area contributed by atoms with Gasteiger partial charge >= 0.3 is 11.9 Å². The average molecular weight is 821 g/mol. The predicted octanol–water partition coefficient (Wildman–Crippen LogP) is 13.7. The number of carbonyl (C=O) groups excluding carboxylic acids is 2. The maximum atomic E-state index is 12.1. The van der Waals surface area contributed by atoms with Crippen molar-refractivity contribution in [1.29, 1.82) is 0 Å². The molecule has 0 N–H and O–H groups in total. The highest BCUT2D eigenvalue weighted by atomic mass is 33.1. The van der Waals surface area contributed by atoms with Crippen LogP contribution in [0.1, 0.15) is 181 Å². The van der Waals surface area contributed by atoms with Gasteiger partial charge in [0.2, 0.25) is 0 Å². The first-order valence-corrected chi connectivity index (χ1v) is 25.5. The van der Waals surface area contributed by atoms with Gasteiger partial charge in [-0.2, -0.15) is 0 Å². The third kappa shape index (κ3) is 45.2. The molecular weight excluding hydrogens is 733 g/mol. The van der Waals surface area contributed by atoms with E-state index in [1.165, 1.54) is 89.9 Å². The first-order valence-electron chi connectivity index (χ1n) is 23.0. The summed E-state index contributed by atoms with van der Waals surface area (Å²) in [4.78, 5) is 28.8. The first kappa shape index (κ1) is 54.5. The molecule has 0 aromatic heterocycles. The molecule has 0 saturated carbocycles. The number of rotatable bonds is 43. The third-order valence-corrected chi connectivity index (χ3v) is 12.1. The van der Waals surface area contributed by atoms with Crippen LogP contribution in [-0.2, 0) is 19.1 Å². The molecule has 0 aliphatic heterocycles. The van der Waals surface area contributed by atoms with Gasteiger partial charge in [-0.1, -0.05) is 148 Å². The Bertz CT molecular complexity index is 895. The molecule has 0 aliphatic rings. The van der Waals surface area contributed by atoms with Crippen LogP contribution in [0, 0.1) is 0 Å². The second-order valence-electron chi connectivity index (χ2n) is 15.4. The number of ether oxygens (including phenoxy) is 2. The fraction of sp³-hybridized carbons (Fsp3) is 0.792. The second kappa shape index (κ2) is 46.2. The molecule has 6 nitrogen and oxygen atoms in total. The van der Waals surface area contributed by atoms with Gasteiger partial charge in [0.05, 0.1) is 13.2 Å². The molecule has 0 amide bonds. The summed E-state index contributed by atoms with van der Waals surface area (Å²) >= 11 is 0. The largest absolute Gasteiger partial charge is 0.466 e. The van der Waals surface area contributed by atoms with Crippen LogP contribution in [0.25, 0.3) is 0 Å². The predicted molar refractivity (Wildman–Crippen MR) is 250 cm³/mol. The van der Waals surface area contributed by atoms with Crippen molar-refractivity contribution in [3.05, 3.63) is 48.6 Å². The van der Waals surface area contributed by atoms with E-state index in [1.807, 2.05) is 21.6 Å². The fourth-order valence-electron chi connectivity index (χ4n) is 6.07. The van der Waals surface area contributed by atoms with Gasteiger partial charge in [0, 0.05) is 50.5 Å². The van der Waals surface area contributed by atoms with Gasteiger partial charge < -0.3 is 19.3 Å². The van der Waals surface area contributed by atoms with Crippen LogP contribution < -0.4 is 0 Å². The maximum Gasteiger partial charge on any atom is 0.305 e. The Balaban J connectivity index is 3.47. The smallest absolute Gasteiger partial charge is 0.305 e. The summed E-state index contributed by atoms with van der Waals surface area (Å²) in [6.45, 7) is 9.51. The van der Waals surface area contributed by atoms with Gasteiger partial charge in [-0.3, -0.25) is 9.59 Å². The number of unbranched alkanes of at least 4 members (excludes halogenated alkanes) is 16. The van der Waals surface area contributed by atoms with Crippen LogP contribution in [0.15, 0.2) is 48.6 Å². The summed E-state index contributed by atoms with van der Waals surface area (Å²) in [5, 5.41) is 0. The van der Waals surface area contributed by atoms with Crippen molar-refractivity contribution in [2.75, 3.05) is 65.0 Å². The van der Waals surface area contributed by atoms with E-state index >= 15 is 0 Å². The SMILES string of the molecule is CCCCC/C=C\C/C=C\CCCCCCCC(=O)OCCCN(C)CCSSCCN(C)CCCOC(=O)CCCCCCC/C=C\C/C=C\CCCCC.